The van der Waals surface area contributed by atoms with Gasteiger partial charge in [-0.05, 0) is 31.5 Å². The molecule has 0 spiro atoms. The molecule has 1 aromatic carbocycles. The number of carbonyl (C=O) groups is 2. The zero-order valence-corrected chi connectivity index (χ0v) is 13.0. The Hall–Kier alpha value is -1.95. The summed E-state index contributed by atoms with van der Waals surface area (Å²) in [5.74, 6) is -0.591. The van der Waals surface area contributed by atoms with E-state index >= 15 is 0 Å². The van der Waals surface area contributed by atoms with E-state index in [1.807, 2.05) is 24.3 Å². The lowest BCUT2D eigenvalue weighted by Crippen LogP contribution is -2.10. The van der Waals surface area contributed by atoms with Crippen molar-refractivity contribution in [3.8, 4) is 5.69 Å². The highest BCUT2D eigenvalue weighted by Gasteiger charge is 2.33. The van der Waals surface area contributed by atoms with Crippen LogP contribution < -0.4 is 0 Å². The average Bonchev–Trinajstić information content (AvgIpc) is 3.00. The van der Waals surface area contributed by atoms with Gasteiger partial charge >= 0.3 is 5.97 Å². The molecule has 108 valence electrons. The predicted molar refractivity (Wildman–Crippen MR) is 79.9 cm³/mol. The molecule has 0 atom stereocenters. The first-order chi connectivity index (χ1) is 10.1. The van der Waals surface area contributed by atoms with E-state index in [4.69, 9.17) is 4.74 Å². The van der Waals surface area contributed by atoms with Gasteiger partial charge in [0.05, 0.1) is 23.6 Å². The lowest BCUT2D eigenvalue weighted by Gasteiger charge is -2.05. The minimum Gasteiger partial charge on any atom is -0.461 e. The highest BCUT2D eigenvalue weighted by atomic mass is 79.9. The third-order valence-corrected chi connectivity index (χ3v) is 3.86. The second-order valence-electron chi connectivity index (χ2n) is 4.71. The molecule has 6 heteroatoms. The van der Waals surface area contributed by atoms with Crippen LogP contribution in [0.2, 0.25) is 0 Å². The molecule has 0 bridgehead atoms. The summed E-state index contributed by atoms with van der Waals surface area (Å²) in [5.41, 5.74) is 2.12. The van der Waals surface area contributed by atoms with Crippen molar-refractivity contribution in [3.63, 3.8) is 0 Å². The fraction of sp³-hybridized carbons (Fsp3) is 0.267. The molecule has 3 rings (SSSR count). The summed E-state index contributed by atoms with van der Waals surface area (Å²) >= 11 is 3.41. The largest absolute Gasteiger partial charge is 0.461 e. The number of carbonyl (C=O) groups excluding carboxylic acids is 2. The van der Waals surface area contributed by atoms with E-state index in [1.165, 1.54) is 0 Å². The van der Waals surface area contributed by atoms with Gasteiger partial charge in [-0.15, -0.1) is 0 Å². The quantitative estimate of drug-likeness (QED) is 0.800. The van der Waals surface area contributed by atoms with Crippen LogP contribution in [0.1, 0.15) is 39.9 Å². The van der Waals surface area contributed by atoms with Crippen molar-refractivity contribution in [2.45, 2.75) is 19.8 Å². The van der Waals surface area contributed by atoms with Gasteiger partial charge in [0, 0.05) is 10.9 Å². The van der Waals surface area contributed by atoms with Gasteiger partial charge in [0.2, 0.25) is 0 Å². The van der Waals surface area contributed by atoms with Crippen LogP contribution in [0, 0.1) is 0 Å². The number of benzene rings is 1. The summed E-state index contributed by atoms with van der Waals surface area (Å²) in [5, 5.41) is 4.31. The van der Waals surface area contributed by atoms with Gasteiger partial charge in [0.15, 0.2) is 11.5 Å². The lowest BCUT2D eigenvalue weighted by molar-refractivity contribution is 0.0516. The number of halogens is 1. The number of nitrogens with zero attached hydrogens (tertiary/aromatic N) is 2. The molecule has 0 unspecified atom stereocenters. The number of aromatic nitrogens is 2. The topological polar surface area (TPSA) is 61.2 Å². The summed E-state index contributed by atoms with van der Waals surface area (Å²) in [4.78, 5) is 24.0. The molecule has 0 saturated heterocycles. The van der Waals surface area contributed by atoms with Crippen molar-refractivity contribution in [2.24, 2.45) is 0 Å². The molecule has 0 saturated carbocycles. The maximum atomic E-state index is 12.0. The second kappa shape index (κ2) is 5.44. The summed E-state index contributed by atoms with van der Waals surface area (Å²) in [6, 6.07) is 7.57. The highest BCUT2D eigenvalue weighted by Crippen LogP contribution is 2.29. The molecule has 0 fully saturated rings. The van der Waals surface area contributed by atoms with E-state index in [-0.39, 0.29) is 18.1 Å². The number of hydrogen-bond donors (Lipinski definition) is 0. The smallest absolute Gasteiger partial charge is 0.359 e. The van der Waals surface area contributed by atoms with Crippen LogP contribution in [0.3, 0.4) is 0 Å². The SMILES string of the molecule is CCOC(=O)c1nn(-c2cccc(Br)c2)c2c1C(=O)CC2. The summed E-state index contributed by atoms with van der Waals surface area (Å²) in [6.45, 7) is 1.98. The second-order valence-corrected chi connectivity index (χ2v) is 5.62. The van der Waals surface area contributed by atoms with E-state index < -0.39 is 5.97 Å². The Morgan fingerprint density at radius 2 is 2.24 bits per heavy atom. The molecule has 1 heterocycles. The van der Waals surface area contributed by atoms with Crippen LogP contribution in [0.15, 0.2) is 28.7 Å². The molecule has 2 aromatic rings. The number of Topliss-reactive ketones (excluding diaryl/α,β-unsaturated/α-hetero) is 1. The minimum absolute atomic E-state index is 0.0469. The zero-order valence-electron chi connectivity index (χ0n) is 11.4. The number of esters is 1. The van der Waals surface area contributed by atoms with Gasteiger partial charge in [-0.2, -0.15) is 5.10 Å². The van der Waals surface area contributed by atoms with E-state index in [1.54, 1.807) is 11.6 Å². The normalized spacial score (nSPS) is 13.3. The maximum Gasteiger partial charge on any atom is 0.359 e. The molecular formula is C15H13BrN2O3. The monoisotopic (exact) mass is 348 g/mol. The van der Waals surface area contributed by atoms with Gasteiger partial charge in [-0.25, -0.2) is 9.48 Å². The Labute approximate surface area is 130 Å². The molecule has 1 aliphatic carbocycles. The predicted octanol–water partition coefficient (Wildman–Crippen LogP) is 2.94. The van der Waals surface area contributed by atoms with Crippen LogP contribution in [0.25, 0.3) is 5.69 Å². The Bertz CT molecular complexity index is 737. The number of fused-ring (bicyclic) bond motifs is 1. The number of rotatable bonds is 3. The molecule has 0 amide bonds. The summed E-state index contributed by atoms with van der Waals surface area (Å²) in [6.07, 6.45) is 1.00. The van der Waals surface area contributed by atoms with Crippen molar-refractivity contribution in [1.82, 2.24) is 9.78 Å². The number of ketones is 1. The zero-order chi connectivity index (χ0) is 15.0. The minimum atomic E-state index is -0.544. The first kappa shape index (κ1) is 14.0. The van der Waals surface area contributed by atoms with Crippen LogP contribution in [-0.2, 0) is 11.2 Å². The van der Waals surface area contributed by atoms with Crippen molar-refractivity contribution in [3.05, 3.63) is 45.7 Å². The third kappa shape index (κ3) is 2.40. The molecular weight excluding hydrogens is 336 g/mol. The van der Waals surface area contributed by atoms with Crippen LogP contribution in [-0.4, -0.2) is 28.1 Å². The van der Waals surface area contributed by atoms with Crippen LogP contribution in [0.4, 0.5) is 0 Å². The first-order valence-corrected chi connectivity index (χ1v) is 7.49. The van der Waals surface area contributed by atoms with E-state index in [0.717, 1.165) is 15.9 Å². The molecule has 0 N–H and O–H groups in total. The van der Waals surface area contributed by atoms with Gasteiger partial charge < -0.3 is 4.74 Å². The third-order valence-electron chi connectivity index (χ3n) is 3.37. The Morgan fingerprint density at radius 1 is 1.43 bits per heavy atom. The fourth-order valence-corrected chi connectivity index (χ4v) is 2.88. The van der Waals surface area contributed by atoms with Crippen molar-refractivity contribution >= 4 is 27.7 Å². The molecule has 21 heavy (non-hydrogen) atoms. The average molecular weight is 349 g/mol. The van der Waals surface area contributed by atoms with Crippen LogP contribution in [0.5, 0.6) is 0 Å². The number of ether oxygens (including phenoxy) is 1. The Balaban J connectivity index is 2.15. The summed E-state index contributed by atoms with van der Waals surface area (Å²) in [7, 11) is 0. The van der Waals surface area contributed by atoms with Gasteiger partial charge in [-0.3, -0.25) is 4.79 Å². The fourth-order valence-electron chi connectivity index (χ4n) is 2.50. The first-order valence-electron chi connectivity index (χ1n) is 6.70. The van der Waals surface area contributed by atoms with Crippen molar-refractivity contribution in [1.29, 1.82) is 0 Å². The van der Waals surface area contributed by atoms with Crippen LogP contribution >= 0.6 is 15.9 Å². The van der Waals surface area contributed by atoms with Crippen molar-refractivity contribution < 1.29 is 14.3 Å². The Kier molecular flexibility index (Phi) is 3.63. The molecule has 1 aromatic heterocycles. The molecule has 0 radical (unpaired) electrons. The molecule has 5 nitrogen and oxygen atoms in total. The standard InChI is InChI=1S/C15H13BrN2O3/c1-2-21-15(20)14-13-11(6-7-12(13)19)18(17-14)10-5-3-4-9(16)8-10/h3-5,8H,2,6-7H2,1H3. The highest BCUT2D eigenvalue weighted by molar-refractivity contribution is 9.10. The summed E-state index contributed by atoms with van der Waals surface area (Å²) < 4.78 is 7.57. The van der Waals surface area contributed by atoms with E-state index in [2.05, 4.69) is 21.0 Å². The van der Waals surface area contributed by atoms with Gasteiger partial charge in [-0.1, -0.05) is 22.0 Å². The van der Waals surface area contributed by atoms with Gasteiger partial charge in [0.1, 0.15) is 0 Å². The van der Waals surface area contributed by atoms with Crippen molar-refractivity contribution in [2.75, 3.05) is 6.61 Å². The lowest BCUT2D eigenvalue weighted by atomic mass is 10.2. The Morgan fingerprint density at radius 3 is 2.95 bits per heavy atom. The molecule has 0 aliphatic heterocycles. The number of hydrogen-bond acceptors (Lipinski definition) is 4. The van der Waals surface area contributed by atoms with E-state index in [9.17, 15) is 9.59 Å². The van der Waals surface area contributed by atoms with E-state index in [0.29, 0.717) is 18.4 Å². The molecule has 1 aliphatic rings. The maximum absolute atomic E-state index is 12.0. The van der Waals surface area contributed by atoms with Gasteiger partial charge in [0.25, 0.3) is 0 Å².